The minimum absolute atomic E-state index is 0.151. The number of hydrogen-bond acceptors (Lipinski definition) is 7. The van der Waals surface area contributed by atoms with Crippen LogP contribution < -0.4 is 23.8 Å². The molecule has 0 unspecified atom stereocenters. The number of nitrogens with one attached hydrogen (secondary N) is 1. The van der Waals surface area contributed by atoms with E-state index in [1.165, 1.54) is 39.7 Å². The first-order valence-electron chi connectivity index (χ1n) is 7.87. The summed E-state index contributed by atoms with van der Waals surface area (Å²) < 4.78 is 46.3. The molecule has 1 aromatic heterocycles. The van der Waals surface area contributed by atoms with E-state index >= 15 is 0 Å². The van der Waals surface area contributed by atoms with Gasteiger partial charge in [-0.05, 0) is 12.1 Å². The van der Waals surface area contributed by atoms with E-state index in [1.807, 2.05) is 0 Å². The highest BCUT2D eigenvalue weighted by Crippen LogP contribution is 2.41. The van der Waals surface area contributed by atoms with E-state index in [9.17, 15) is 13.2 Å². The standard InChI is InChI=1S/C17H22N2O7S/c1-23-14-8-12(9-15(24-2)17(14)25-3)19(27(4,21)22)11-16(20)18-10-13-6-5-7-26-13/h5-9H,10-11H2,1-4H3,(H,18,20). The van der Waals surface area contributed by atoms with Crippen LogP contribution in [0.3, 0.4) is 0 Å². The summed E-state index contributed by atoms with van der Waals surface area (Å²) in [6.45, 7) is -0.267. The minimum Gasteiger partial charge on any atom is -0.493 e. The molecule has 1 N–H and O–H groups in total. The number of anilines is 1. The van der Waals surface area contributed by atoms with Crippen molar-refractivity contribution in [3.8, 4) is 17.2 Å². The van der Waals surface area contributed by atoms with Crippen LogP contribution in [0, 0.1) is 0 Å². The molecular weight excluding hydrogens is 376 g/mol. The second kappa shape index (κ2) is 8.67. The van der Waals surface area contributed by atoms with Gasteiger partial charge in [0.1, 0.15) is 12.3 Å². The molecule has 1 aromatic carbocycles. The zero-order valence-corrected chi connectivity index (χ0v) is 16.3. The Morgan fingerprint density at radius 3 is 2.22 bits per heavy atom. The Balaban J connectivity index is 2.29. The van der Waals surface area contributed by atoms with E-state index < -0.39 is 22.5 Å². The number of amides is 1. The Hall–Kier alpha value is -2.88. The molecule has 148 valence electrons. The molecule has 0 aliphatic carbocycles. The smallest absolute Gasteiger partial charge is 0.241 e. The van der Waals surface area contributed by atoms with E-state index in [0.29, 0.717) is 11.5 Å². The van der Waals surface area contributed by atoms with Crippen molar-refractivity contribution in [2.45, 2.75) is 6.54 Å². The fourth-order valence-corrected chi connectivity index (χ4v) is 3.24. The molecule has 0 saturated heterocycles. The Morgan fingerprint density at radius 2 is 1.78 bits per heavy atom. The summed E-state index contributed by atoms with van der Waals surface area (Å²) in [7, 11) is 0.521. The lowest BCUT2D eigenvalue weighted by Gasteiger charge is -2.24. The first-order valence-corrected chi connectivity index (χ1v) is 9.71. The molecule has 9 nitrogen and oxygen atoms in total. The van der Waals surface area contributed by atoms with Crippen molar-refractivity contribution in [1.29, 1.82) is 0 Å². The molecular formula is C17H22N2O7S. The number of nitrogens with zero attached hydrogens (tertiary/aromatic N) is 1. The van der Waals surface area contributed by atoms with Gasteiger partial charge in [0.15, 0.2) is 11.5 Å². The number of hydrogen-bond donors (Lipinski definition) is 1. The van der Waals surface area contributed by atoms with Crippen LogP contribution in [0.25, 0.3) is 0 Å². The number of benzene rings is 1. The number of sulfonamides is 1. The second-order valence-corrected chi connectivity index (χ2v) is 7.42. The van der Waals surface area contributed by atoms with Crippen molar-refractivity contribution in [1.82, 2.24) is 5.32 Å². The lowest BCUT2D eigenvalue weighted by molar-refractivity contribution is -0.119. The van der Waals surface area contributed by atoms with Gasteiger partial charge < -0.3 is 23.9 Å². The van der Waals surface area contributed by atoms with E-state index in [4.69, 9.17) is 18.6 Å². The Kier molecular flexibility index (Phi) is 6.56. The van der Waals surface area contributed by atoms with Crippen molar-refractivity contribution < 1.29 is 31.8 Å². The van der Waals surface area contributed by atoms with Gasteiger partial charge in [0.05, 0.1) is 46.1 Å². The molecule has 0 radical (unpaired) electrons. The van der Waals surface area contributed by atoms with Gasteiger partial charge in [0, 0.05) is 12.1 Å². The van der Waals surface area contributed by atoms with Gasteiger partial charge in [-0.1, -0.05) is 0 Å². The van der Waals surface area contributed by atoms with Crippen molar-refractivity contribution in [2.75, 3.05) is 38.4 Å². The van der Waals surface area contributed by atoms with E-state index in [1.54, 1.807) is 12.1 Å². The van der Waals surface area contributed by atoms with E-state index in [-0.39, 0.29) is 23.7 Å². The molecule has 27 heavy (non-hydrogen) atoms. The Labute approximate surface area is 157 Å². The summed E-state index contributed by atoms with van der Waals surface area (Å²) >= 11 is 0. The lowest BCUT2D eigenvalue weighted by atomic mass is 10.2. The van der Waals surface area contributed by atoms with Crippen LogP contribution in [0.4, 0.5) is 5.69 Å². The molecule has 0 aliphatic heterocycles. The number of rotatable bonds is 9. The summed E-state index contributed by atoms with van der Waals surface area (Å²) in [4.78, 5) is 12.3. The third kappa shape index (κ3) is 5.07. The van der Waals surface area contributed by atoms with Crippen molar-refractivity contribution in [3.05, 3.63) is 36.3 Å². The number of furan rings is 1. The Morgan fingerprint density at radius 1 is 1.15 bits per heavy atom. The highest BCUT2D eigenvalue weighted by atomic mass is 32.2. The van der Waals surface area contributed by atoms with Crippen LogP contribution in [0.1, 0.15) is 5.76 Å². The summed E-state index contributed by atoms with van der Waals surface area (Å²) in [6.07, 6.45) is 2.50. The van der Waals surface area contributed by atoms with Crippen LogP contribution in [0.2, 0.25) is 0 Å². The lowest BCUT2D eigenvalue weighted by Crippen LogP contribution is -2.40. The number of ether oxygens (including phenoxy) is 3. The zero-order valence-electron chi connectivity index (χ0n) is 15.5. The molecule has 0 aliphatic rings. The third-order valence-corrected chi connectivity index (χ3v) is 4.81. The van der Waals surface area contributed by atoms with Gasteiger partial charge >= 0.3 is 0 Å². The molecule has 2 aromatic rings. The normalized spacial score (nSPS) is 11.0. The molecule has 0 spiro atoms. The van der Waals surface area contributed by atoms with Crippen molar-refractivity contribution in [3.63, 3.8) is 0 Å². The topological polar surface area (TPSA) is 107 Å². The summed E-state index contributed by atoms with van der Waals surface area (Å²) in [5, 5.41) is 2.61. The average molecular weight is 398 g/mol. The average Bonchev–Trinajstić information content (AvgIpc) is 3.15. The predicted molar refractivity (Wildman–Crippen MR) is 98.8 cm³/mol. The van der Waals surface area contributed by atoms with Gasteiger partial charge in [-0.15, -0.1) is 0 Å². The fourth-order valence-electron chi connectivity index (χ4n) is 2.40. The zero-order chi connectivity index (χ0) is 20.0. The highest BCUT2D eigenvalue weighted by Gasteiger charge is 2.24. The number of carbonyl (C=O) groups excluding carboxylic acids is 1. The van der Waals surface area contributed by atoms with Gasteiger partial charge in [0.2, 0.25) is 21.7 Å². The molecule has 0 saturated carbocycles. The molecule has 1 amide bonds. The molecule has 10 heteroatoms. The summed E-state index contributed by atoms with van der Waals surface area (Å²) in [5.74, 6) is 0.931. The van der Waals surface area contributed by atoms with Crippen molar-refractivity contribution in [2.24, 2.45) is 0 Å². The highest BCUT2D eigenvalue weighted by molar-refractivity contribution is 7.92. The SMILES string of the molecule is COc1cc(N(CC(=O)NCc2ccco2)S(C)(=O)=O)cc(OC)c1OC. The maximum Gasteiger partial charge on any atom is 0.241 e. The first-order chi connectivity index (χ1) is 12.8. The summed E-state index contributed by atoms with van der Waals surface area (Å²) in [6, 6.07) is 6.32. The quantitative estimate of drug-likeness (QED) is 0.680. The Bertz CT molecular complexity index is 854. The van der Waals surface area contributed by atoms with E-state index in [0.717, 1.165) is 10.6 Å². The molecule has 1 heterocycles. The summed E-state index contributed by atoms with van der Waals surface area (Å²) in [5.41, 5.74) is 0.208. The number of carbonyl (C=O) groups is 1. The van der Waals surface area contributed by atoms with Gasteiger partial charge in [-0.3, -0.25) is 9.10 Å². The molecule has 0 bridgehead atoms. The molecule has 2 rings (SSSR count). The largest absolute Gasteiger partial charge is 0.493 e. The minimum atomic E-state index is -3.76. The maximum absolute atomic E-state index is 12.3. The molecule has 0 atom stereocenters. The molecule has 0 fully saturated rings. The third-order valence-electron chi connectivity index (χ3n) is 3.66. The van der Waals surface area contributed by atoms with Crippen LogP contribution >= 0.6 is 0 Å². The van der Waals surface area contributed by atoms with Gasteiger partial charge in [-0.2, -0.15) is 0 Å². The van der Waals surface area contributed by atoms with Crippen LogP contribution in [0.5, 0.6) is 17.2 Å². The fraction of sp³-hybridized carbons (Fsp3) is 0.353. The second-order valence-electron chi connectivity index (χ2n) is 5.51. The van der Waals surface area contributed by atoms with Crippen molar-refractivity contribution >= 4 is 21.6 Å². The van der Waals surface area contributed by atoms with Crippen LogP contribution in [0.15, 0.2) is 34.9 Å². The van der Waals surface area contributed by atoms with Crippen LogP contribution in [-0.2, 0) is 21.4 Å². The number of methoxy groups -OCH3 is 3. The predicted octanol–water partition coefficient (Wildman–Crippen LogP) is 1.39. The van der Waals surface area contributed by atoms with E-state index in [2.05, 4.69) is 5.32 Å². The van der Waals surface area contributed by atoms with Gasteiger partial charge in [0.25, 0.3) is 0 Å². The maximum atomic E-state index is 12.3. The van der Waals surface area contributed by atoms with Gasteiger partial charge in [-0.25, -0.2) is 8.42 Å². The first kappa shape index (κ1) is 20.4. The van der Waals surface area contributed by atoms with Crippen LogP contribution in [-0.4, -0.2) is 48.5 Å². The monoisotopic (exact) mass is 398 g/mol.